The third-order valence-electron chi connectivity index (χ3n) is 3.98. The molecule has 6 nitrogen and oxygen atoms in total. The summed E-state index contributed by atoms with van der Waals surface area (Å²) in [5.41, 5.74) is 2.57. The molecule has 3 aromatic rings. The van der Waals surface area contributed by atoms with Gasteiger partial charge in [0.25, 0.3) is 0 Å². The third kappa shape index (κ3) is 4.50. The molecule has 0 aliphatic heterocycles. The van der Waals surface area contributed by atoms with E-state index in [1.165, 1.54) is 36.7 Å². The maximum atomic E-state index is 12.4. The molecule has 0 radical (unpaired) electrons. The molecule has 3 rings (SSSR count). The van der Waals surface area contributed by atoms with E-state index in [9.17, 15) is 23.2 Å². The van der Waals surface area contributed by atoms with Crippen LogP contribution in [0, 0.1) is 11.3 Å². The van der Waals surface area contributed by atoms with Gasteiger partial charge in [0, 0.05) is 24.5 Å². The lowest BCUT2D eigenvalue weighted by Gasteiger charge is -2.13. The highest BCUT2D eigenvalue weighted by Crippen LogP contribution is 2.32. The van der Waals surface area contributed by atoms with Crippen LogP contribution in [0.3, 0.4) is 0 Å². The average molecular weight is 398 g/mol. The molecule has 1 heterocycles. The van der Waals surface area contributed by atoms with Gasteiger partial charge >= 0.3 is 6.36 Å². The van der Waals surface area contributed by atoms with Crippen LogP contribution in [0.2, 0.25) is 0 Å². The Balaban J connectivity index is 2.10. The molecule has 1 amide bonds. The summed E-state index contributed by atoms with van der Waals surface area (Å²) in [6, 6.07) is 8.98. The molecule has 0 fully saturated rings. The number of alkyl halides is 3. The summed E-state index contributed by atoms with van der Waals surface area (Å²) in [7, 11) is 0. The molecule has 0 atom stereocenters. The van der Waals surface area contributed by atoms with Crippen LogP contribution in [-0.2, 0) is 11.3 Å². The fourth-order valence-electron chi connectivity index (χ4n) is 2.76. The number of nitrogens with one attached hydrogen (secondary N) is 1. The van der Waals surface area contributed by atoms with Crippen molar-refractivity contribution >= 4 is 16.9 Å². The number of benzene rings is 2. The minimum atomic E-state index is -4.79. The lowest BCUT2D eigenvalue weighted by atomic mass is 9.96. The lowest BCUT2D eigenvalue weighted by Crippen LogP contribution is -2.20. The number of nitrogens with zero attached hydrogens (tertiary/aromatic N) is 3. The van der Waals surface area contributed by atoms with E-state index in [-0.39, 0.29) is 17.9 Å². The number of halogens is 3. The number of rotatable bonds is 5. The minimum absolute atomic E-state index is 0.0442. The molecule has 0 spiro atoms. The molecule has 0 bridgehead atoms. The first-order valence-electron chi connectivity index (χ1n) is 8.25. The van der Waals surface area contributed by atoms with Gasteiger partial charge in [-0.2, -0.15) is 5.26 Å². The molecule has 0 saturated carbocycles. The molecule has 1 N–H and O–H groups in total. The average Bonchev–Trinajstić information content (AvgIpc) is 2.70. The number of amides is 1. The number of hydrogen-bond acceptors (Lipinski definition) is 5. The second-order valence-electron chi connectivity index (χ2n) is 5.82. The van der Waals surface area contributed by atoms with Crippen molar-refractivity contribution in [1.29, 1.82) is 5.26 Å². The number of aromatic nitrogens is 2. The van der Waals surface area contributed by atoms with Crippen molar-refractivity contribution in [2.75, 3.05) is 0 Å². The van der Waals surface area contributed by atoms with Gasteiger partial charge in [-0.25, -0.2) is 0 Å². The van der Waals surface area contributed by atoms with E-state index in [2.05, 4.69) is 32.7 Å². The molecule has 29 heavy (non-hydrogen) atoms. The second-order valence-corrected chi connectivity index (χ2v) is 5.82. The van der Waals surface area contributed by atoms with Crippen molar-refractivity contribution in [1.82, 2.24) is 15.3 Å². The monoisotopic (exact) mass is 398 g/mol. The molecule has 0 aliphatic carbocycles. The van der Waals surface area contributed by atoms with Crippen LogP contribution >= 0.6 is 0 Å². The number of carbonyl (C=O) groups is 1. The molecule has 0 aliphatic rings. The zero-order valence-corrected chi connectivity index (χ0v) is 14.8. The Morgan fingerprint density at radius 2 is 1.86 bits per heavy atom. The van der Waals surface area contributed by atoms with Crippen molar-refractivity contribution in [2.24, 2.45) is 0 Å². The molecule has 9 heteroatoms. The maximum Gasteiger partial charge on any atom is 0.573 e. The van der Waals surface area contributed by atoms with Crippen LogP contribution in [0.1, 0.15) is 11.1 Å². The predicted molar refractivity (Wildman–Crippen MR) is 98.4 cm³/mol. The quantitative estimate of drug-likeness (QED) is 0.659. The van der Waals surface area contributed by atoms with Gasteiger partial charge in [-0.1, -0.05) is 18.7 Å². The van der Waals surface area contributed by atoms with Crippen LogP contribution in [-0.4, -0.2) is 22.2 Å². The first-order valence-corrected chi connectivity index (χ1v) is 8.25. The molecule has 0 unspecified atom stereocenters. The summed E-state index contributed by atoms with van der Waals surface area (Å²) in [4.78, 5) is 20.0. The molecular weight excluding hydrogens is 385 g/mol. The van der Waals surface area contributed by atoms with Gasteiger partial charge in [0.1, 0.15) is 17.3 Å². The summed E-state index contributed by atoms with van der Waals surface area (Å²) in [6.45, 7) is 3.42. The van der Waals surface area contributed by atoms with Crippen LogP contribution in [0.4, 0.5) is 13.2 Å². The standard InChI is InChI=1S/C20H13F3N4O2/c1-2-17(28)27-11-13-9-15(18-19(16(13)10-24)26-8-7-25-18)12-3-5-14(6-4-12)29-20(21,22)23/h2-9H,1,11H2,(H,27,28). The Morgan fingerprint density at radius 1 is 1.21 bits per heavy atom. The Bertz CT molecular complexity index is 1120. The van der Waals surface area contributed by atoms with Gasteiger partial charge in [-0.15, -0.1) is 13.2 Å². The van der Waals surface area contributed by atoms with Crippen LogP contribution in [0.5, 0.6) is 5.75 Å². The fraction of sp³-hybridized carbons (Fsp3) is 0.100. The number of fused-ring (bicyclic) bond motifs is 1. The van der Waals surface area contributed by atoms with Gasteiger partial charge in [-0.3, -0.25) is 14.8 Å². The van der Waals surface area contributed by atoms with Gasteiger partial charge in [0.15, 0.2) is 0 Å². The number of nitriles is 1. The molecular formula is C20H13F3N4O2. The van der Waals surface area contributed by atoms with Gasteiger partial charge < -0.3 is 10.1 Å². The van der Waals surface area contributed by atoms with Crippen molar-refractivity contribution in [3.63, 3.8) is 0 Å². The van der Waals surface area contributed by atoms with E-state index in [1.54, 1.807) is 6.07 Å². The first kappa shape index (κ1) is 19.8. The van der Waals surface area contributed by atoms with E-state index >= 15 is 0 Å². The minimum Gasteiger partial charge on any atom is -0.406 e. The largest absolute Gasteiger partial charge is 0.573 e. The summed E-state index contributed by atoms with van der Waals surface area (Å²) in [5, 5.41) is 12.2. The maximum absolute atomic E-state index is 12.4. The van der Waals surface area contributed by atoms with E-state index in [0.717, 1.165) is 6.08 Å². The van der Waals surface area contributed by atoms with Gasteiger partial charge in [-0.05, 0) is 35.4 Å². The molecule has 1 aromatic heterocycles. The first-order chi connectivity index (χ1) is 13.8. The lowest BCUT2D eigenvalue weighted by molar-refractivity contribution is -0.274. The van der Waals surface area contributed by atoms with Crippen molar-refractivity contribution in [2.45, 2.75) is 12.9 Å². The van der Waals surface area contributed by atoms with E-state index in [4.69, 9.17) is 0 Å². The van der Waals surface area contributed by atoms with Crippen molar-refractivity contribution in [3.8, 4) is 22.9 Å². The van der Waals surface area contributed by atoms with E-state index < -0.39 is 12.3 Å². The number of hydrogen-bond donors (Lipinski definition) is 1. The Hall–Kier alpha value is -3.93. The Morgan fingerprint density at radius 3 is 2.45 bits per heavy atom. The van der Waals surface area contributed by atoms with Gasteiger partial charge in [0.2, 0.25) is 5.91 Å². The molecule has 0 saturated heterocycles. The summed E-state index contributed by atoms with van der Waals surface area (Å²) >= 11 is 0. The summed E-state index contributed by atoms with van der Waals surface area (Å²) in [6.07, 6.45) is -0.801. The smallest absolute Gasteiger partial charge is 0.406 e. The summed E-state index contributed by atoms with van der Waals surface area (Å²) < 4.78 is 41.0. The molecule has 146 valence electrons. The second kappa shape index (κ2) is 7.98. The van der Waals surface area contributed by atoms with Crippen LogP contribution in [0.15, 0.2) is 55.4 Å². The number of carbonyl (C=O) groups excluding carboxylic acids is 1. The summed E-state index contributed by atoms with van der Waals surface area (Å²) in [5.74, 6) is -0.771. The fourth-order valence-corrected chi connectivity index (χ4v) is 2.76. The highest BCUT2D eigenvalue weighted by atomic mass is 19.4. The number of ether oxygens (including phenoxy) is 1. The van der Waals surface area contributed by atoms with Crippen LogP contribution < -0.4 is 10.1 Å². The Kier molecular flexibility index (Phi) is 5.45. The van der Waals surface area contributed by atoms with Crippen molar-refractivity contribution in [3.05, 3.63) is 66.5 Å². The highest BCUT2D eigenvalue weighted by Gasteiger charge is 2.31. The van der Waals surface area contributed by atoms with E-state index in [1.807, 2.05) is 0 Å². The van der Waals surface area contributed by atoms with Gasteiger partial charge in [0.05, 0.1) is 11.1 Å². The Labute approximate surface area is 163 Å². The zero-order chi connectivity index (χ0) is 21.0. The highest BCUT2D eigenvalue weighted by molar-refractivity contribution is 5.96. The van der Waals surface area contributed by atoms with Crippen molar-refractivity contribution < 1.29 is 22.7 Å². The topological polar surface area (TPSA) is 87.9 Å². The zero-order valence-electron chi connectivity index (χ0n) is 14.8. The SMILES string of the molecule is C=CC(=O)NCc1cc(-c2ccc(OC(F)(F)F)cc2)c2nccnc2c1C#N. The van der Waals surface area contributed by atoms with E-state index in [0.29, 0.717) is 27.7 Å². The predicted octanol–water partition coefficient (Wildman–Crippen LogP) is 3.87. The van der Waals surface area contributed by atoms with Crippen LogP contribution in [0.25, 0.3) is 22.2 Å². The normalized spacial score (nSPS) is 11.0. The molecule has 2 aromatic carbocycles. The third-order valence-corrected chi connectivity index (χ3v) is 3.98.